The molecule has 2 amide bonds. The Balaban J connectivity index is 1.51. The fourth-order valence-corrected chi connectivity index (χ4v) is 3.27. The molecule has 0 aromatic heterocycles. The Morgan fingerprint density at radius 3 is 2.26 bits per heavy atom. The van der Waals surface area contributed by atoms with E-state index in [9.17, 15) is 9.59 Å². The molecule has 0 unspecified atom stereocenters. The summed E-state index contributed by atoms with van der Waals surface area (Å²) in [7, 11) is 0. The van der Waals surface area contributed by atoms with Crippen LogP contribution in [0.3, 0.4) is 0 Å². The van der Waals surface area contributed by atoms with Crippen LogP contribution in [0.2, 0.25) is 0 Å². The Morgan fingerprint density at radius 2 is 1.59 bits per heavy atom. The highest BCUT2D eigenvalue weighted by Crippen LogP contribution is 2.16. The van der Waals surface area contributed by atoms with Gasteiger partial charge in [0.25, 0.3) is 5.91 Å². The van der Waals surface area contributed by atoms with E-state index in [1.165, 1.54) is 12.8 Å². The first-order valence-corrected chi connectivity index (χ1v) is 9.61. The van der Waals surface area contributed by atoms with E-state index in [-0.39, 0.29) is 11.8 Å². The summed E-state index contributed by atoms with van der Waals surface area (Å²) in [5.41, 5.74) is 3.29. The topological polar surface area (TPSA) is 61.4 Å². The first-order chi connectivity index (χ1) is 13.1. The number of amides is 2. The molecule has 1 aliphatic rings. The van der Waals surface area contributed by atoms with Crippen molar-refractivity contribution in [1.82, 2.24) is 4.90 Å². The first-order valence-electron chi connectivity index (χ1n) is 9.61. The lowest BCUT2D eigenvalue weighted by molar-refractivity contribution is -0.129. The molecule has 0 aliphatic carbocycles. The molecule has 5 nitrogen and oxygen atoms in total. The number of carbonyl (C=O) groups is 2. The molecule has 2 N–H and O–H groups in total. The molecule has 1 aliphatic heterocycles. The number of hydrogen-bond acceptors (Lipinski definition) is 3. The highest BCUT2D eigenvalue weighted by Gasteiger charge is 2.15. The summed E-state index contributed by atoms with van der Waals surface area (Å²) >= 11 is 0. The van der Waals surface area contributed by atoms with Gasteiger partial charge in [0.05, 0.1) is 6.54 Å². The lowest BCUT2D eigenvalue weighted by Gasteiger charge is -2.20. The van der Waals surface area contributed by atoms with Crippen molar-refractivity contribution < 1.29 is 9.59 Å². The van der Waals surface area contributed by atoms with E-state index in [4.69, 9.17) is 0 Å². The third kappa shape index (κ3) is 5.58. The third-order valence-electron chi connectivity index (χ3n) is 4.83. The van der Waals surface area contributed by atoms with Gasteiger partial charge >= 0.3 is 0 Å². The minimum atomic E-state index is -0.129. The molecular formula is C22H27N3O2. The van der Waals surface area contributed by atoms with Crippen LogP contribution in [0.25, 0.3) is 0 Å². The first kappa shape index (κ1) is 19.0. The molecule has 2 aromatic rings. The highest BCUT2D eigenvalue weighted by molar-refractivity contribution is 6.04. The number of rotatable bonds is 5. The van der Waals surface area contributed by atoms with Crippen molar-refractivity contribution in [3.05, 3.63) is 59.7 Å². The molecule has 5 heteroatoms. The van der Waals surface area contributed by atoms with Crippen molar-refractivity contribution >= 4 is 23.2 Å². The lowest BCUT2D eigenvalue weighted by atomic mass is 10.1. The van der Waals surface area contributed by atoms with Crippen molar-refractivity contribution in [3.63, 3.8) is 0 Å². The molecule has 1 saturated heterocycles. The largest absolute Gasteiger partial charge is 0.376 e. The van der Waals surface area contributed by atoms with Gasteiger partial charge in [-0.3, -0.25) is 9.59 Å². The van der Waals surface area contributed by atoms with E-state index in [0.29, 0.717) is 12.1 Å². The van der Waals surface area contributed by atoms with Crippen molar-refractivity contribution in [2.24, 2.45) is 0 Å². The van der Waals surface area contributed by atoms with Crippen molar-refractivity contribution in [1.29, 1.82) is 0 Å². The summed E-state index contributed by atoms with van der Waals surface area (Å²) < 4.78 is 0. The average Bonchev–Trinajstić information content (AvgIpc) is 2.97. The van der Waals surface area contributed by atoms with Crippen molar-refractivity contribution in [3.8, 4) is 0 Å². The average molecular weight is 365 g/mol. The normalized spacial score (nSPS) is 14.3. The Kier molecular flexibility index (Phi) is 6.47. The number of nitrogens with zero attached hydrogens (tertiary/aromatic N) is 1. The van der Waals surface area contributed by atoms with E-state index >= 15 is 0 Å². The van der Waals surface area contributed by atoms with Crippen LogP contribution in [0, 0.1) is 6.92 Å². The molecule has 1 fully saturated rings. The molecule has 0 radical (unpaired) electrons. The van der Waals surface area contributed by atoms with Gasteiger partial charge in [-0.15, -0.1) is 0 Å². The van der Waals surface area contributed by atoms with Crippen molar-refractivity contribution in [2.45, 2.75) is 32.6 Å². The van der Waals surface area contributed by atoms with Crippen LogP contribution in [-0.4, -0.2) is 36.3 Å². The molecule has 0 bridgehead atoms. The molecule has 142 valence electrons. The zero-order valence-electron chi connectivity index (χ0n) is 15.8. The highest BCUT2D eigenvalue weighted by atomic mass is 16.2. The van der Waals surface area contributed by atoms with Gasteiger partial charge in [0, 0.05) is 30.0 Å². The molecule has 2 aromatic carbocycles. The standard InChI is InChI=1S/C22H27N3O2/c1-17-7-6-8-18(15-17)22(27)24-20-11-9-19(10-12-20)23-16-21(26)25-13-4-2-3-5-14-25/h6-12,15,23H,2-5,13-14,16H2,1H3,(H,24,27). The van der Waals surface area contributed by atoms with Gasteiger partial charge in [-0.05, 0) is 56.2 Å². The maximum atomic E-state index is 12.3. The molecule has 0 spiro atoms. The van der Waals surface area contributed by atoms with E-state index in [0.717, 1.165) is 42.9 Å². The van der Waals surface area contributed by atoms with Gasteiger partial charge in [0.2, 0.25) is 5.91 Å². The second kappa shape index (κ2) is 9.21. The molecule has 1 heterocycles. The van der Waals surface area contributed by atoms with Crippen LogP contribution in [0.4, 0.5) is 11.4 Å². The zero-order chi connectivity index (χ0) is 19.1. The van der Waals surface area contributed by atoms with Gasteiger partial charge in [0.1, 0.15) is 0 Å². The fraction of sp³-hybridized carbons (Fsp3) is 0.364. The van der Waals surface area contributed by atoms with Gasteiger partial charge in [-0.25, -0.2) is 0 Å². The number of likely N-dealkylation sites (tertiary alicyclic amines) is 1. The van der Waals surface area contributed by atoms with Crippen LogP contribution >= 0.6 is 0 Å². The van der Waals surface area contributed by atoms with Crippen LogP contribution in [0.15, 0.2) is 48.5 Å². The summed E-state index contributed by atoms with van der Waals surface area (Å²) in [4.78, 5) is 26.6. The molecule has 27 heavy (non-hydrogen) atoms. The van der Waals surface area contributed by atoms with Gasteiger partial charge in [-0.1, -0.05) is 30.5 Å². The minimum Gasteiger partial charge on any atom is -0.376 e. The quantitative estimate of drug-likeness (QED) is 0.840. The summed E-state index contributed by atoms with van der Waals surface area (Å²) in [6, 6.07) is 14.9. The maximum absolute atomic E-state index is 12.3. The molecule has 0 saturated carbocycles. The van der Waals surface area contributed by atoms with Crippen LogP contribution in [0.1, 0.15) is 41.6 Å². The minimum absolute atomic E-state index is 0.129. The Bertz CT molecular complexity index is 778. The van der Waals surface area contributed by atoms with Crippen LogP contribution in [-0.2, 0) is 4.79 Å². The Labute approximate surface area is 160 Å². The van der Waals surface area contributed by atoms with E-state index < -0.39 is 0 Å². The summed E-state index contributed by atoms with van der Waals surface area (Å²) in [6.45, 7) is 3.99. The van der Waals surface area contributed by atoms with E-state index in [1.54, 1.807) is 6.07 Å². The fourth-order valence-electron chi connectivity index (χ4n) is 3.27. The second-order valence-electron chi connectivity index (χ2n) is 7.05. The number of hydrogen-bond donors (Lipinski definition) is 2. The predicted octanol–water partition coefficient (Wildman–Crippen LogP) is 4.06. The van der Waals surface area contributed by atoms with Gasteiger partial charge in [0.15, 0.2) is 0 Å². The SMILES string of the molecule is Cc1cccc(C(=O)Nc2ccc(NCC(=O)N3CCCCCC3)cc2)c1. The number of nitrogens with one attached hydrogen (secondary N) is 2. The van der Waals surface area contributed by atoms with Gasteiger partial charge < -0.3 is 15.5 Å². The maximum Gasteiger partial charge on any atom is 0.255 e. The Morgan fingerprint density at radius 1 is 0.926 bits per heavy atom. The van der Waals surface area contributed by atoms with Crippen molar-refractivity contribution in [2.75, 3.05) is 30.3 Å². The van der Waals surface area contributed by atoms with Crippen LogP contribution < -0.4 is 10.6 Å². The van der Waals surface area contributed by atoms with E-state index in [1.807, 2.05) is 54.3 Å². The zero-order valence-corrected chi connectivity index (χ0v) is 15.8. The second-order valence-corrected chi connectivity index (χ2v) is 7.05. The number of aryl methyl sites for hydroxylation is 1. The Hall–Kier alpha value is -2.82. The molecule has 0 atom stereocenters. The number of carbonyl (C=O) groups excluding carboxylic acids is 2. The number of benzene rings is 2. The van der Waals surface area contributed by atoms with Crippen LogP contribution in [0.5, 0.6) is 0 Å². The lowest BCUT2D eigenvalue weighted by Crippen LogP contribution is -2.36. The monoisotopic (exact) mass is 365 g/mol. The predicted molar refractivity (Wildman–Crippen MR) is 109 cm³/mol. The third-order valence-corrected chi connectivity index (χ3v) is 4.83. The summed E-state index contributed by atoms with van der Waals surface area (Å²) in [6.07, 6.45) is 4.63. The van der Waals surface area contributed by atoms with Gasteiger partial charge in [-0.2, -0.15) is 0 Å². The smallest absolute Gasteiger partial charge is 0.255 e. The molecule has 3 rings (SSSR count). The summed E-state index contributed by atoms with van der Waals surface area (Å²) in [5.74, 6) is 0.0180. The molecular weight excluding hydrogens is 338 g/mol. The van der Waals surface area contributed by atoms with E-state index in [2.05, 4.69) is 10.6 Å². The number of anilines is 2. The summed E-state index contributed by atoms with van der Waals surface area (Å²) in [5, 5.41) is 6.07.